The van der Waals surface area contributed by atoms with Gasteiger partial charge in [0, 0.05) is 6.92 Å². The number of hydrogen-bond donors (Lipinski definition) is 0. The Morgan fingerprint density at radius 3 is 2.64 bits per heavy atom. The molecule has 1 saturated carbocycles. The lowest BCUT2D eigenvalue weighted by Gasteiger charge is -2.27. The maximum atomic E-state index is 12.3. The zero-order valence-electron chi connectivity index (χ0n) is 12.9. The minimum atomic E-state index is -0.420. The van der Waals surface area contributed by atoms with Crippen molar-refractivity contribution in [3.8, 4) is 5.75 Å². The van der Waals surface area contributed by atoms with Crippen molar-refractivity contribution in [1.82, 2.24) is 0 Å². The fourth-order valence-electron chi connectivity index (χ4n) is 2.84. The summed E-state index contributed by atoms with van der Waals surface area (Å²) in [6.07, 6.45) is 7.19. The highest BCUT2D eigenvalue weighted by molar-refractivity contribution is 5.90. The number of ether oxygens (including phenoxy) is 2. The Morgan fingerprint density at radius 2 is 2.00 bits per heavy atom. The van der Waals surface area contributed by atoms with Crippen LogP contribution in [0, 0.1) is 5.92 Å². The van der Waals surface area contributed by atoms with Gasteiger partial charge in [-0.1, -0.05) is 38.0 Å². The Hall–Kier alpha value is -2.10. The van der Waals surface area contributed by atoms with Crippen LogP contribution in [0.4, 0.5) is 0 Å². The van der Waals surface area contributed by atoms with Crippen LogP contribution in [0.2, 0.25) is 0 Å². The van der Waals surface area contributed by atoms with Crippen LogP contribution in [0.5, 0.6) is 5.75 Å². The highest BCUT2D eigenvalue weighted by Gasteiger charge is 2.25. The van der Waals surface area contributed by atoms with Gasteiger partial charge in [-0.3, -0.25) is 4.79 Å². The average molecular weight is 302 g/mol. The third-order valence-electron chi connectivity index (χ3n) is 3.92. The molecule has 1 aromatic carbocycles. The molecule has 0 aromatic heterocycles. The molecule has 2 rings (SSSR count). The minimum Gasteiger partial charge on any atom is -0.454 e. The first kappa shape index (κ1) is 16.3. The molecule has 1 fully saturated rings. The van der Waals surface area contributed by atoms with Gasteiger partial charge in [0.15, 0.2) is 0 Å². The number of rotatable bonds is 5. The molecule has 0 heterocycles. The van der Waals surface area contributed by atoms with Crippen LogP contribution < -0.4 is 4.74 Å². The van der Waals surface area contributed by atoms with Crippen molar-refractivity contribution >= 4 is 11.9 Å². The molecule has 1 aliphatic rings. The van der Waals surface area contributed by atoms with E-state index < -0.39 is 11.9 Å². The molecule has 0 amide bonds. The largest absolute Gasteiger partial charge is 0.454 e. The summed E-state index contributed by atoms with van der Waals surface area (Å²) in [6.45, 7) is 5.11. The van der Waals surface area contributed by atoms with E-state index in [1.54, 1.807) is 24.3 Å². The molecular weight excluding hydrogens is 280 g/mol. The molecule has 4 heteroatoms. The standard InChI is InChI=1S/C18H22O4/c1-3-17(14-8-5-4-6-9-14)22-18(20)15-10-7-11-16(12-15)21-13(2)19/h3,7,10-12,14,17H,1,4-6,8-9H2,2H3/t17-/m0/s1. The molecule has 118 valence electrons. The molecule has 1 aromatic rings. The van der Waals surface area contributed by atoms with Gasteiger partial charge in [-0.2, -0.15) is 0 Å². The van der Waals surface area contributed by atoms with Crippen molar-refractivity contribution in [3.05, 3.63) is 42.5 Å². The lowest BCUT2D eigenvalue weighted by Crippen LogP contribution is -2.26. The van der Waals surface area contributed by atoms with Crippen molar-refractivity contribution in [1.29, 1.82) is 0 Å². The van der Waals surface area contributed by atoms with Gasteiger partial charge in [-0.15, -0.1) is 0 Å². The van der Waals surface area contributed by atoms with Crippen LogP contribution in [-0.2, 0) is 9.53 Å². The molecule has 0 radical (unpaired) electrons. The second-order valence-electron chi connectivity index (χ2n) is 5.63. The first-order chi connectivity index (χ1) is 10.6. The first-order valence-electron chi connectivity index (χ1n) is 7.72. The van der Waals surface area contributed by atoms with E-state index in [4.69, 9.17) is 9.47 Å². The fraction of sp³-hybridized carbons (Fsp3) is 0.444. The van der Waals surface area contributed by atoms with E-state index in [0.29, 0.717) is 17.2 Å². The molecule has 0 bridgehead atoms. The summed E-state index contributed by atoms with van der Waals surface area (Å²) in [5.41, 5.74) is 0.376. The van der Waals surface area contributed by atoms with Crippen LogP contribution in [0.25, 0.3) is 0 Å². The SMILES string of the molecule is C=C[C@H](OC(=O)c1cccc(OC(C)=O)c1)C1CCCCC1. The molecule has 0 N–H and O–H groups in total. The minimum absolute atomic E-state index is 0.259. The summed E-state index contributed by atoms with van der Waals surface area (Å²) in [5, 5.41) is 0. The van der Waals surface area contributed by atoms with E-state index in [1.165, 1.54) is 32.3 Å². The second kappa shape index (κ2) is 7.78. The van der Waals surface area contributed by atoms with Gasteiger partial charge in [0.05, 0.1) is 5.56 Å². The van der Waals surface area contributed by atoms with E-state index in [-0.39, 0.29) is 6.10 Å². The van der Waals surface area contributed by atoms with Crippen molar-refractivity contribution < 1.29 is 19.1 Å². The van der Waals surface area contributed by atoms with E-state index >= 15 is 0 Å². The molecular formula is C18H22O4. The summed E-state index contributed by atoms with van der Waals surface area (Å²) in [5.74, 6) is -0.136. The third-order valence-corrected chi connectivity index (χ3v) is 3.92. The zero-order chi connectivity index (χ0) is 15.9. The Morgan fingerprint density at radius 1 is 1.27 bits per heavy atom. The summed E-state index contributed by atoms with van der Waals surface area (Å²) >= 11 is 0. The van der Waals surface area contributed by atoms with Crippen LogP contribution in [0.3, 0.4) is 0 Å². The average Bonchev–Trinajstić information content (AvgIpc) is 2.53. The second-order valence-corrected chi connectivity index (χ2v) is 5.63. The Balaban J connectivity index is 2.03. The van der Waals surface area contributed by atoms with Gasteiger partial charge < -0.3 is 9.47 Å². The third kappa shape index (κ3) is 4.45. The van der Waals surface area contributed by atoms with Crippen molar-refractivity contribution in [2.45, 2.75) is 45.1 Å². The predicted molar refractivity (Wildman–Crippen MR) is 83.7 cm³/mol. The quantitative estimate of drug-likeness (QED) is 0.470. The molecule has 4 nitrogen and oxygen atoms in total. The monoisotopic (exact) mass is 302 g/mol. The fourth-order valence-corrected chi connectivity index (χ4v) is 2.84. The van der Waals surface area contributed by atoms with E-state index in [1.807, 2.05) is 0 Å². The van der Waals surface area contributed by atoms with Gasteiger partial charge in [-0.05, 0) is 37.0 Å². The maximum absolute atomic E-state index is 12.3. The maximum Gasteiger partial charge on any atom is 0.338 e. The van der Waals surface area contributed by atoms with Gasteiger partial charge in [-0.25, -0.2) is 4.79 Å². The zero-order valence-corrected chi connectivity index (χ0v) is 12.9. The van der Waals surface area contributed by atoms with Crippen molar-refractivity contribution in [2.75, 3.05) is 0 Å². The topological polar surface area (TPSA) is 52.6 Å². The summed E-state index contributed by atoms with van der Waals surface area (Å²) < 4.78 is 10.6. The molecule has 1 aliphatic carbocycles. The van der Waals surface area contributed by atoms with Gasteiger partial charge >= 0.3 is 11.9 Å². The molecule has 0 saturated heterocycles. The van der Waals surface area contributed by atoms with E-state index in [2.05, 4.69) is 6.58 Å². The van der Waals surface area contributed by atoms with Crippen LogP contribution in [-0.4, -0.2) is 18.0 Å². The lowest BCUT2D eigenvalue weighted by atomic mass is 9.85. The van der Waals surface area contributed by atoms with E-state index in [9.17, 15) is 9.59 Å². The number of carbonyl (C=O) groups excluding carboxylic acids is 2. The van der Waals surface area contributed by atoms with Crippen LogP contribution in [0.1, 0.15) is 49.4 Å². The predicted octanol–water partition coefficient (Wildman–Crippen LogP) is 3.90. The van der Waals surface area contributed by atoms with Crippen molar-refractivity contribution in [2.24, 2.45) is 5.92 Å². The number of hydrogen-bond acceptors (Lipinski definition) is 4. The van der Waals surface area contributed by atoms with Gasteiger partial charge in [0.1, 0.15) is 11.9 Å². The summed E-state index contributed by atoms with van der Waals surface area (Å²) in [7, 11) is 0. The smallest absolute Gasteiger partial charge is 0.338 e. The van der Waals surface area contributed by atoms with Gasteiger partial charge in [0.25, 0.3) is 0 Å². The number of benzene rings is 1. The molecule has 1 atom stereocenters. The lowest BCUT2D eigenvalue weighted by molar-refractivity contribution is -0.131. The summed E-state index contributed by atoms with van der Waals surface area (Å²) in [4.78, 5) is 23.3. The Labute approximate surface area is 131 Å². The van der Waals surface area contributed by atoms with Gasteiger partial charge in [0.2, 0.25) is 0 Å². The van der Waals surface area contributed by atoms with Crippen LogP contribution >= 0.6 is 0 Å². The number of carbonyl (C=O) groups is 2. The highest BCUT2D eigenvalue weighted by atomic mass is 16.5. The number of esters is 2. The normalized spacial score (nSPS) is 16.6. The van der Waals surface area contributed by atoms with Crippen LogP contribution in [0.15, 0.2) is 36.9 Å². The van der Waals surface area contributed by atoms with E-state index in [0.717, 1.165) is 12.8 Å². The first-order valence-corrected chi connectivity index (χ1v) is 7.72. The summed E-state index contributed by atoms with van der Waals surface area (Å²) in [6, 6.07) is 6.46. The van der Waals surface area contributed by atoms with Crippen molar-refractivity contribution in [3.63, 3.8) is 0 Å². The highest BCUT2D eigenvalue weighted by Crippen LogP contribution is 2.29. The Bertz CT molecular complexity index is 544. The Kier molecular flexibility index (Phi) is 5.75. The molecule has 0 spiro atoms. The molecule has 0 aliphatic heterocycles. The molecule has 22 heavy (non-hydrogen) atoms. The molecule has 0 unspecified atom stereocenters.